The number of anilines is 2. The van der Waals surface area contributed by atoms with Crippen LogP contribution >= 0.6 is 0 Å². The standard InChI is InChI=1S/C12H22N4O2/c1-9(2)10-11(13-3)14-8-15-12(10)16(4-6-17)5-7-18/h8-9,17-18H,4-7H2,1-3H3,(H,13,14,15). The first kappa shape index (κ1) is 14.7. The highest BCUT2D eigenvalue weighted by atomic mass is 16.3. The monoisotopic (exact) mass is 254 g/mol. The van der Waals surface area contributed by atoms with Gasteiger partial charge in [-0.05, 0) is 5.92 Å². The fraction of sp³-hybridized carbons (Fsp3) is 0.667. The summed E-state index contributed by atoms with van der Waals surface area (Å²) in [6.45, 7) is 5.08. The van der Waals surface area contributed by atoms with Gasteiger partial charge in [0.15, 0.2) is 0 Å². The van der Waals surface area contributed by atoms with E-state index in [9.17, 15) is 0 Å². The van der Waals surface area contributed by atoms with Crippen molar-refractivity contribution in [3.05, 3.63) is 11.9 Å². The van der Waals surface area contributed by atoms with Crippen LogP contribution in [0.25, 0.3) is 0 Å². The van der Waals surface area contributed by atoms with E-state index in [0.29, 0.717) is 13.1 Å². The molecule has 0 fully saturated rings. The van der Waals surface area contributed by atoms with Crippen LogP contribution in [0.2, 0.25) is 0 Å². The molecule has 6 nitrogen and oxygen atoms in total. The average Bonchev–Trinajstić information content (AvgIpc) is 2.37. The quantitative estimate of drug-likeness (QED) is 0.655. The molecule has 0 aliphatic heterocycles. The Morgan fingerprint density at radius 2 is 1.83 bits per heavy atom. The van der Waals surface area contributed by atoms with Gasteiger partial charge in [0.1, 0.15) is 18.0 Å². The Morgan fingerprint density at radius 3 is 2.28 bits per heavy atom. The van der Waals surface area contributed by atoms with Crippen molar-refractivity contribution >= 4 is 11.6 Å². The van der Waals surface area contributed by atoms with E-state index >= 15 is 0 Å². The van der Waals surface area contributed by atoms with Gasteiger partial charge in [0.2, 0.25) is 0 Å². The summed E-state index contributed by atoms with van der Waals surface area (Å²) in [6, 6.07) is 0. The molecule has 3 N–H and O–H groups in total. The van der Waals surface area contributed by atoms with Crippen LogP contribution in [0.15, 0.2) is 6.33 Å². The lowest BCUT2D eigenvalue weighted by Gasteiger charge is -2.26. The molecule has 0 saturated carbocycles. The van der Waals surface area contributed by atoms with Gasteiger partial charge in [-0.1, -0.05) is 13.8 Å². The van der Waals surface area contributed by atoms with E-state index in [-0.39, 0.29) is 19.1 Å². The molecular formula is C12H22N4O2. The zero-order valence-corrected chi connectivity index (χ0v) is 11.2. The SMILES string of the molecule is CNc1ncnc(N(CCO)CCO)c1C(C)C. The third-order valence-corrected chi connectivity index (χ3v) is 2.72. The van der Waals surface area contributed by atoms with Crippen molar-refractivity contribution in [1.29, 1.82) is 0 Å². The maximum atomic E-state index is 9.10. The maximum Gasteiger partial charge on any atom is 0.137 e. The molecule has 0 aliphatic rings. The molecule has 1 heterocycles. The van der Waals surface area contributed by atoms with Gasteiger partial charge in [-0.3, -0.25) is 0 Å². The van der Waals surface area contributed by atoms with Crippen molar-refractivity contribution in [3.63, 3.8) is 0 Å². The molecule has 0 atom stereocenters. The smallest absolute Gasteiger partial charge is 0.137 e. The molecular weight excluding hydrogens is 232 g/mol. The number of nitrogens with zero attached hydrogens (tertiary/aromatic N) is 3. The van der Waals surface area contributed by atoms with Crippen LogP contribution in [0.1, 0.15) is 25.3 Å². The minimum Gasteiger partial charge on any atom is -0.395 e. The Hall–Kier alpha value is -1.40. The fourth-order valence-electron chi connectivity index (χ4n) is 1.93. The molecule has 102 valence electrons. The summed E-state index contributed by atoms with van der Waals surface area (Å²) < 4.78 is 0. The van der Waals surface area contributed by atoms with Crippen LogP contribution in [0.4, 0.5) is 11.6 Å². The number of hydrogen-bond acceptors (Lipinski definition) is 6. The third kappa shape index (κ3) is 3.30. The van der Waals surface area contributed by atoms with E-state index in [0.717, 1.165) is 17.2 Å². The molecule has 18 heavy (non-hydrogen) atoms. The van der Waals surface area contributed by atoms with Crippen LogP contribution in [-0.4, -0.2) is 53.5 Å². The lowest BCUT2D eigenvalue weighted by molar-refractivity contribution is 0.280. The summed E-state index contributed by atoms with van der Waals surface area (Å²) >= 11 is 0. The highest BCUT2D eigenvalue weighted by Gasteiger charge is 2.18. The van der Waals surface area contributed by atoms with Gasteiger partial charge in [-0.15, -0.1) is 0 Å². The van der Waals surface area contributed by atoms with Gasteiger partial charge in [-0.2, -0.15) is 0 Å². The van der Waals surface area contributed by atoms with E-state index in [4.69, 9.17) is 10.2 Å². The molecule has 1 rings (SSSR count). The van der Waals surface area contributed by atoms with Crippen molar-refractivity contribution in [2.24, 2.45) is 0 Å². The minimum absolute atomic E-state index is 0.0242. The minimum atomic E-state index is 0.0242. The van der Waals surface area contributed by atoms with E-state index in [1.54, 1.807) is 0 Å². The van der Waals surface area contributed by atoms with E-state index in [1.165, 1.54) is 6.33 Å². The van der Waals surface area contributed by atoms with Crippen molar-refractivity contribution in [2.45, 2.75) is 19.8 Å². The molecule has 0 spiro atoms. The zero-order chi connectivity index (χ0) is 13.5. The van der Waals surface area contributed by atoms with Crippen molar-refractivity contribution in [3.8, 4) is 0 Å². The van der Waals surface area contributed by atoms with Gasteiger partial charge in [0.25, 0.3) is 0 Å². The van der Waals surface area contributed by atoms with Crippen LogP contribution in [0, 0.1) is 0 Å². The van der Waals surface area contributed by atoms with Crippen LogP contribution in [-0.2, 0) is 0 Å². The Kier molecular flexibility index (Phi) is 5.80. The molecule has 0 aromatic carbocycles. The predicted molar refractivity (Wildman–Crippen MR) is 72.1 cm³/mol. The topological polar surface area (TPSA) is 81.5 Å². The molecule has 0 amide bonds. The van der Waals surface area contributed by atoms with Gasteiger partial charge >= 0.3 is 0 Å². The van der Waals surface area contributed by atoms with Gasteiger partial charge < -0.3 is 20.4 Å². The Labute approximate surface area is 108 Å². The molecule has 0 aliphatic carbocycles. The summed E-state index contributed by atoms with van der Waals surface area (Å²) in [5.41, 5.74) is 1.00. The van der Waals surface area contributed by atoms with E-state index in [1.807, 2.05) is 11.9 Å². The number of nitrogens with one attached hydrogen (secondary N) is 1. The molecule has 0 bridgehead atoms. The number of rotatable bonds is 7. The molecule has 1 aromatic rings. The second kappa shape index (κ2) is 7.13. The van der Waals surface area contributed by atoms with Crippen molar-refractivity contribution in [1.82, 2.24) is 9.97 Å². The zero-order valence-electron chi connectivity index (χ0n) is 11.2. The second-order valence-corrected chi connectivity index (χ2v) is 4.30. The number of aromatic nitrogens is 2. The molecule has 1 aromatic heterocycles. The Morgan fingerprint density at radius 1 is 1.22 bits per heavy atom. The van der Waals surface area contributed by atoms with Crippen LogP contribution < -0.4 is 10.2 Å². The van der Waals surface area contributed by atoms with Crippen molar-refractivity contribution in [2.75, 3.05) is 43.6 Å². The lowest BCUT2D eigenvalue weighted by Crippen LogP contribution is -2.32. The molecule has 0 saturated heterocycles. The largest absolute Gasteiger partial charge is 0.395 e. The highest BCUT2D eigenvalue weighted by Crippen LogP contribution is 2.30. The number of aliphatic hydroxyl groups is 2. The first-order chi connectivity index (χ1) is 8.65. The predicted octanol–water partition coefficient (Wildman–Crippen LogP) is 0.433. The Bertz CT molecular complexity index is 365. The first-order valence-corrected chi connectivity index (χ1v) is 6.15. The Balaban J connectivity index is 3.18. The molecule has 0 unspecified atom stereocenters. The summed E-state index contributed by atoms with van der Waals surface area (Å²) in [4.78, 5) is 10.4. The van der Waals surface area contributed by atoms with E-state index in [2.05, 4.69) is 29.1 Å². The van der Waals surface area contributed by atoms with Crippen molar-refractivity contribution < 1.29 is 10.2 Å². The number of aliphatic hydroxyl groups excluding tert-OH is 2. The maximum absolute atomic E-state index is 9.10. The summed E-state index contributed by atoms with van der Waals surface area (Å²) in [7, 11) is 1.82. The highest BCUT2D eigenvalue weighted by molar-refractivity contribution is 5.60. The van der Waals surface area contributed by atoms with E-state index < -0.39 is 0 Å². The third-order valence-electron chi connectivity index (χ3n) is 2.72. The summed E-state index contributed by atoms with van der Waals surface area (Å²) in [5, 5.41) is 21.3. The lowest BCUT2D eigenvalue weighted by atomic mass is 10.0. The van der Waals surface area contributed by atoms with Gasteiger partial charge in [-0.25, -0.2) is 9.97 Å². The van der Waals surface area contributed by atoms with Gasteiger partial charge in [0, 0.05) is 25.7 Å². The summed E-state index contributed by atoms with van der Waals surface area (Å²) in [6.07, 6.45) is 1.49. The average molecular weight is 254 g/mol. The first-order valence-electron chi connectivity index (χ1n) is 6.15. The second-order valence-electron chi connectivity index (χ2n) is 4.30. The van der Waals surface area contributed by atoms with Crippen LogP contribution in [0.3, 0.4) is 0 Å². The summed E-state index contributed by atoms with van der Waals surface area (Å²) in [5.74, 6) is 1.81. The van der Waals surface area contributed by atoms with Crippen LogP contribution in [0.5, 0.6) is 0 Å². The molecule has 6 heteroatoms. The molecule has 0 radical (unpaired) electrons. The number of hydrogen-bond donors (Lipinski definition) is 3. The fourth-order valence-corrected chi connectivity index (χ4v) is 1.93. The van der Waals surface area contributed by atoms with Gasteiger partial charge in [0.05, 0.1) is 13.2 Å². The normalized spacial score (nSPS) is 10.8.